The second-order valence-corrected chi connectivity index (χ2v) is 5.15. The number of carbonyl (C=O) groups excluding carboxylic acids is 1. The van der Waals surface area contributed by atoms with Crippen LogP contribution in [0.2, 0.25) is 0 Å². The molecule has 6 heteroatoms. The number of benzene rings is 1. The summed E-state index contributed by atoms with van der Waals surface area (Å²) in [6.45, 7) is 1.10. The van der Waals surface area contributed by atoms with E-state index < -0.39 is 11.5 Å². The minimum Gasteiger partial charge on any atom is -0.479 e. The Morgan fingerprint density at radius 3 is 2.76 bits per heavy atom. The normalized spacial score (nSPS) is 21.2. The van der Waals surface area contributed by atoms with Gasteiger partial charge in [-0.05, 0) is 31.6 Å². The van der Waals surface area contributed by atoms with E-state index in [1.807, 2.05) is 19.2 Å². The first-order valence-corrected chi connectivity index (χ1v) is 6.95. The van der Waals surface area contributed by atoms with E-state index in [1.165, 1.54) is 0 Å². The lowest BCUT2D eigenvalue weighted by molar-refractivity contribution is -0.144. The van der Waals surface area contributed by atoms with Crippen molar-refractivity contribution in [1.82, 2.24) is 10.6 Å². The van der Waals surface area contributed by atoms with Gasteiger partial charge in [0.1, 0.15) is 0 Å². The molecular formula is C15H20N2O4. The number of ether oxygens (including phenoxy) is 1. The summed E-state index contributed by atoms with van der Waals surface area (Å²) in [6.07, 6.45) is 0.990. The van der Waals surface area contributed by atoms with Crippen LogP contribution in [0.1, 0.15) is 22.3 Å². The monoisotopic (exact) mass is 292 g/mol. The Morgan fingerprint density at radius 2 is 2.14 bits per heavy atom. The third-order valence-electron chi connectivity index (χ3n) is 3.69. The van der Waals surface area contributed by atoms with Crippen molar-refractivity contribution in [1.29, 1.82) is 0 Å². The zero-order valence-electron chi connectivity index (χ0n) is 12.0. The van der Waals surface area contributed by atoms with Gasteiger partial charge in [-0.15, -0.1) is 0 Å². The SMILES string of the molecule is CNCCc1ccccc1C(=O)NC1(C(=O)O)CCOC1. The summed E-state index contributed by atoms with van der Waals surface area (Å²) in [5, 5.41) is 15.0. The summed E-state index contributed by atoms with van der Waals surface area (Å²) in [7, 11) is 1.85. The molecule has 114 valence electrons. The fraction of sp³-hybridized carbons (Fsp3) is 0.467. The summed E-state index contributed by atoms with van der Waals surface area (Å²) in [5.74, 6) is -1.42. The Morgan fingerprint density at radius 1 is 1.38 bits per heavy atom. The Labute approximate surface area is 123 Å². The third kappa shape index (κ3) is 3.40. The molecule has 1 aromatic rings. The molecule has 0 aromatic heterocycles. The highest BCUT2D eigenvalue weighted by Gasteiger charge is 2.44. The number of hydrogen-bond donors (Lipinski definition) is 3. The molecule has 1 atom stereocenters. The van der Waals surface area contributed by atoms with E-state index in [-0.39, 0.29) is 18.9 Å². The zero-order valence-corrected chi connectivity index (χ0v) is 12.0. The van der Waals surface area contributed by atoms with Crippen LogP contribution in [0.15, 0.2) is 24.3 Å². The van der Waals surface area contributed by atoms with Gasteiger partial charge in [-0.2, -0.15) is 0 Å². The summed E-state index contributed by atoms with van der Waals surface area (Å²) in [5.41, 5.74) is 0.0943. The Bertz CT molecular complexity index is 524. The highest BCUT2D eigenvalue weighted by atomic mass is 16.5. The summed E-state index contributed by atoms with van der Waals surface area (Å²) >= 11 is 0. The van der Waals surface area contributed by atoms with Crippen LogP contribution in [0.25, 0.3) is 0 Å². The molecule has 1 heterocycles. The van der Waals surface area contributed by atoms with Crippen molar-refractivity contribution in [2.24, 2.45) is 0 Å². The van der Waals surface area contributed by atoms with Gasteiger partial charge >= 0.3 is 5.97 Å². The first kappa shape index (κ1) is 15.5. The van der Waals surface area contributed by atoms with Crippen LogP contribution < -0.4 is 10.6 Å². The highest BCUT2D eigenvalue weighted by Crippen LogP contribution is 2.20. The lowest BCUT2D eigenvalue weighted by Gasteiger charge is -2.24. The zero-order chi connectivity index (χ0) is 15.3. The van der Waals surface area contributed by atoms with Crippen molar-refractivity contribution in [2.45, 2.75) is 18.4 Å². The topological polar surface area (TPSA) is 87.7 Å². The predicted molar refractivity (Wildman–Crippen MR) is 77.3 cm³/mol. The van der Waals surface area contributed by atoms with E-state index >= 15 is 0 Å². The summed E-state index contributed by atoms with van der Waals surface area (Å²) < 4.78 is 5.15. The second kappa shape index (κ2) is 6.69. The molecule has 0 radical (unpaired) electrons. The molecule has 1 aromatic carbocycles. The molecule has 1 aliphatic rings. The molecular weight excluding hydrogens is 272 g/mol. The quantitative estimate of drug-likeness (QED) is 0.707. The summed E-state index contributed by atoms with van der Waals surface area (Å²) in [6, 6.07) is 7.24. The number of likely N-dealkylation sites (N-methyl/N-ethyl adjacent to an activating group) is 1. The third-order valence-corrected chi connectivity index (χ3v) is 3.69. The summed E-state index contributed by atoms with van der Waals surface area (Å²) in [4.78, 5) is 23.9. The molecule has 1 amide bonds. The molecule has 0 bridgehead atoms. The highest BCUT2D eigenvalue weighted by molar-refractivity contribution is 5.99. The molecule has 3 N–H and O–H groups in total. The van der Waals surface area contributed by atoms with Crippen molar-refractivity contribution in [3.8, 4) is 0 Å². The van der Waals surface area contributed by atoms with Crippen molar-refractivity contribution in [2.75, 3.05) is 26.8 Å². The van der Waals surface area contributed by atoms with Crippen LogP contribution in [-0.2, 0) is 16.0 Å². The molecule has 0 aliphatic carbocycles. The number of amides is 1. The molecule has 2 rings (SSSR count). The first-order chi connectivity index (χ1) is 10.1. The van der Waals surface area contributed by atoms with E-state index in [1.54, 1.807) is 12.1 Å². The first-order valence-electron chi connectivity index (χ1n) is 6.95. The predicted octanol–water partition coefficient (Wildman–Crippen LogP) is 0.422. The van der Waals surface area contributed by atoms with Crippen molar-refractivity contribution in [3.63, 3.8) is 0 Å². The van der Waals surface area contributed by atoms with Crippen LogP contribution in [0.4, 0.5) is 0 Å². The van der Waals surface area contributed by atoms with Crippen molar-refractivity contribution in [3.05, 3.63) is 35.4 Å². The van der Waals surface area contributed by atoms with Crippen LogP contribution in [0, 0.1) is 0 Å². The fourth-order valence-electron chi connectivity index (χ4n) is 2.39. The molecule has 21 heavy (non-hydrogen) atoms. The van der Waals surface area contributed by atoms with E-state index in [0.717, 1.165) is 12.1 Å². The molecule has 0 spiro atoms. The van der Waals surface area contributed by atoms with Gasteiger partial charge in [-0.25, -0.2) is 4.79 Å². The second-order valence-electron chi connectivity index (χ2n) is 5.15. The number of carboxylic acid groups (broad SMARTS) is 1. The Kier molecular flexibility index (Phi) is 4.93. The van der Waals surface area contributed by atoms with Gasteiger partial charge in [0, 0.05) is 18.6 Å². The fourth-order valence-corrected chi connectivity index (χ4v) is 2.39. The van der Waals surface area contributed by atoms with Crippen LogP contribution in [0.3, 0.4) is 0 Å². The lowest BCUT2D eigenvalue weighted by atomic mass is 9.97. The minimum absolute atomic E-state index is 0.00670. The van der Waals surface area contributed by atoms with E-state index in [4.69, 9.17) is 4.74 Å². The molecule has 1 aliphatic heterocycles. The molecule has 1 unspecified atom stereocenters. The Balaban J connectivity index is 2.18. The van der Waals surface area contributed by atoms with Crippen molar-refractivity contribution >= 4 is 11.9 Å². The van der Waals surface area contributed by atoms with Gasteiger partial charge in [-0.1, -0.05) is 18.2 Å². The average Bonchev–Trinajstić information content (AvgIpc) is 2.95. The number of carbonyl (C=O) groups is 2. The van der Waals surface area contributed by atoms with Gasteiger partial charge in [-0.3, -0.25) is 4.79 Å². The molecule has 1 saturated heterocycles. The number of hydrogen-bond acceptors (Lipinski definition) is 4. The van der Waals surface area contributed by atoms with Crippen LogP contribution in [-0.4, -0.2) is 49.3 Å². The lowest BCUT2D eigenvalue weighted by Crippen LogP contribution is -2.55. The van der Waals surface area contributed by atoms with Crippen LogP contribution >= 0.6 is 0 Å². The van der Waals surface area contributed by atoms with Gasteiger partial charge in [0.2, 0.25) is 0 Å². The number of carboxylic acids is 1. The molecule has 1 fully saturated rings. The minimum atomic E-state index is -1.31. The molecule has 6 nitrogen and oxygen atoms in total. The van der Waals surface area contributed by atoms with Gasteiger partial charge in [0.15, 0.2) is 5.54 Å². The van der Waals surface area contributed by atoms with E-state index in [2.05, 4.69) is 10.6 Å². The number of aliphatic carboxylic acids is 1. The van der Waals surface area contributed by atoms with E-state index in [0.29, 0.717) is 18.6 Å². The Hall–Kier alpha value is -1.92. The van der Waals surface area contributed by atoms with Crippen LogP contribution in [0.5, 0.6) is 0 Å². The van der Waals surface area contributed by atoms with Gasteiger partial charge in [0.25, 0.3) is 5.91 Å². The number of rotatable bonds is 6. The maximum absolute atomic E-state index is 12.4. The van der Waals surface area contributed by atoms with Crippen molar-refractivity contribution < 1.29 is 19.4 Å². The smallest absolute Gasteiger partial charge is 0.331 e. The molecule has 0 saturated carbocycles. The van der Waals surface area contributed by atoms with Gasteiger partial charge < -0.3 is 20.5 Å². The largest absolute Gasteiger partial charge is 0.479 e. The standard InChI is InChI=1S/C15H20N2O4/c1-16-8-6-11-4-2-3-5-12(11)13(18)17-15(14(19)20)7-9-21-10-15/h2-5,16H,6-10H2,1H3,(H,17,18)(H,19,20). The number of nitrogens with one attached hydrogen (secondary N) is 2. The maximum atomic E-state index is 12.4. The maximum Gasteiger partial charge on any atom is 0.331 e. The van der Waals surface area contributed by atoms with E-state index in [9.17, 15) is 14.7 Å². The van der Waals surface area contributed by atoms with Gasteiger partial charge in [0.05, 0.1) is 6.61 Å². The average molecular weight is 292 g/mol.